The summed E-state index contributed by atoms with van der Waals surface area (Å²) in [4.78, 5) is 0. The van der Waals surface area contributed by atoms with Crippen LogP contribution in [-0.4, -0.2) is 14.8 Å². The molecule has 7 heteroatoms. The fraction of sp³-hybridized carbons (Fsp3) is 0.0909. The summed E-state index contributed by atoms with van der Waals surface area (Å²) in [7, 11) is 0. The minimum Gasteiger partial charge on any atom is -0.486 e. The Bertz CT molecular complexity index is 1000. The van der Waals surface area contributed by atoms with Crippen molar-refractivity contribution in [2.45, 2.75) is 17.5 Å². The number of rotatable bonds is 7. The maximum atomic E-state index is 5.94. The molecule has 0 radical (unpaired) electrons. The van der Waals surface area contributed by atoms with E-state index in [9.17, 15) is 0 Å². The predicted molar refractivity (Wildman–Crippen MR) is 121 cm³/mol. The zero-order chi connectivity index (χ0) is 20.1. The van der Waals surface area contributed by atoms with Crippen LogP contribution in [0, 0.1) is 0 Å². The molecule has 4 nitrogen and oxygen atoms in total. The Balaban J connectivity index is 1.56. The Morgan fingerprint density at radius 1 is 0.897 bits per heavy atom. The first-order valence-electron chi connectivity index (χ1n) is 8.94. The summed E-state index contributed by atoms with van der Waals surface area (Å²) in [6.45, 7) is 0.308. The number of para-hydroxylation sites is 1. The van der Waals surface area contributed by atoms with Crippen molar-refractivity contribution < 1.29 is 4.74 Å². The first kappa shape index (κ1) is 20.0. The van der Waals surface area contributed by atoms with Gasteiger partial charge >= 0.3 is 0 Å². The van der Waals surface area contributed by atoms with Crippen molar-refractivity contribution in [1.82, 2.24) is 14.8 Å². The predicted octanol–water partition coefficient (Wildman–Crippen LogP) is 6.55. The van der Waals surface area contributed by atoms with Gasteiger partial charge in [0.05, 0.1) is 0 Å². The van der Waals surface area contributed by atoms with Crippen LogP contribution in [0.4, 0.5) is 0 Å². The van der Waals surface area contributed by atoms with Gasteiger partial charge in [0.1, 0.15) is 12.4 Å². The van der Waals surface area contributed by atoms with Crippen molar-refractivity contribution in [2.24, 2.45) is 0 Å². The number of hydrogen-bond acceptors (Lipinski definition) is 4. The summed E-state index contributed by atoms with van der Waals surface area (Å²) in [5.74, 6) is 2.28. The third kappa shape index (κ3) is 5.21. The molecule has 0 aliphatic heterocycles. The highest BCUT2D eigenvalue weighted by Crippen LogP contribution is 2.26. The van der Waals surface area contributed by atoms with E-state index in [4.69, 9.17) is 16.3 Å². The van der Waals surface area contributed by atoms with E-state index >= 15 is 0 Å². The molecule has 0 amide bonds. The summed E-state index contributed by atoms with van der Waals surface area (Å²) < 4.78 is 9.01. The number of ether oxygens (including phenoxy) is 1. The van der Waals surface area contributed by atoms with E-state index < -0.39 is 0 Å². The van der Waals surface area contributed by atoms with Gasteiger partial charge in [0.15, 0.2) is 11.0 Å². The Morgan fingerprint density at radius 3 is 2.34 bits per heavy atom. The highest BCUT2D eigenvalue weighted by Gasteiger charge is 2.15. The van der Waals surface area contributed by atoms with Gasteiger partial charge in [0.2, 0.25) is 0 Å². The lowest BCUT2D eigenvalue weighted by Crippen LogP contribution is -2.06. The minimum absolute atomic E-state index is 0.308. The number of thioether (sulfide) groups is 1. The monoisotopic (exact) mass is 485 g/mol. The smallest absolute Gasteiger partial charge is 0.196 e. The molecule has 29 heavy (non-hydrogen) atoms. The molecule has 4 aromatic rings. The third-order valence-electron chi connectivity index (χ3n) is 4.18. The molecule has 0 bridgehead atoms. The Kier molecular flexibility index (Phi) is 6.54. The summed E-state index contributed by atoms with van der Waals surface area (Å²) in [6, 6.07) is 25.7. The molecule has 0 aliphatic carbocycles. The van der Waals surface area contributed by atoms with Crippen molar-refractivity contribution in [1.29, 1.82) is 0 Å². The number of hydrogen-bond donors (Lipinski definition) is 0. The highest BCUT2D eigenvalue weighted by atomic mass is 79.9. The van der Waals surface area contributed by atoms with Crippen molar-refractivity contribution in [3.05, 3.63) is 99.7 Å². The Labute approximate surface area is 187 Å². The number of nitrogens with zero attached hydrogens (tertiary/aromatic N) is 3. The molecule has 1 aromatic heterocycles. The van der Waals surface area contributed by atoms with Gasteiger partial charge in [-0.1, -0.05) is 69.6 Å². The fourth-order valence-corrected chi connectivity index (χ4v) is 4.05. The summed E-state index contributed by atoms with van der Waals surface area (Å²) in [5, 5.41) is 10.3. The molecule has 0 N–H and O–H groups in total. The molecule has 0 atom stereocenters. The lowest BCUT2D eigenvalue weighted by molar-refractivity contribution is 0.293. The van der Waals surface area contributed by atoms with Crippen LogP contribution in [0.25, 0.3) is 5.69 Å². The lowest BCUT2D eigenvalue weighted by atomic mass is 10.2. The van der Waals surface area contributed by atoms with E-state index in [-0.39, 0.29) is 0 Å². The van der Waals surface area contributed by atoms with E-state index in [0.29, 0.717) is 11.6 Å². The molecule has 0 unspecified atom stereocenters. The SMILES string of the molecule is Clc1ccc(OCc2nnc(SCc3ccc(Br)cc3)n2-c2ccccc2)cc1. The lowest BCUT2D eigenvalue weighted by Gasteiger charge is -2.11. The molecule has 4 rings (SSSR count). The number of halogens is 2. The molecular formula is C22H17BrClN3OS. The topological polar surface area (TPSA) is 39.9 Å². The van der Waals surface area contributed by atoms with Crippen LogP contribution in [0.15, 0.2) is 88.5 Å². The standard InChI is InChI=1S/C22H17BrClN3OS/c23-17-8-6-16(7-9-17)15-29-22-26-25-21(27(22)19-4-2-1-3-5-19)14-28-20-12-10-18(24)11-13-20/h1-13H,14-15H2. The molecule has 0 aliphatic rings. The average molecular weight is 487 g/mol. The zero-order valence-electron chi connectivity index (χ0n) is 15.3. The van der Waals surface area contributed by atoms with E-state index in [2.05, 4.69) is 38.3 Å². The molecule has 0 saturated heterocycles. The Hall–Kier alpha value is -2.28. The van der Waals surface area contributed by atoms with Crippen LogP contribution in [0.5, 0.6) is 5.75 Å². The average Bonchev–Trinajstić information content (AvgIpc) is 3.16. The quantitative estimate of drug-likeness (QED) is 0.278. The van der Waals surface area contributed by atoms with E-state index in [1.807, 2.05) is 59.2 Å². The summed E-state index contributed by atoms with van der Waals surface area (Å²) in [5.41, 5.74) is 2.23. The number of benzene rings is 3. The van der Waals surface area contributed by atoms with Gasteiger partial charge in [-0.15, -0.1) is 10.2 Å². The van der Waals surface area contributed by atoms with Crippen molar-refractivity contribution in [2.75, 3.05) is 0 Å². The molecule has 1 heterocycles. The maximum absolute atomic E-state index is 5.94. The molecular weight excluding hydrogens is 470 g/mol. The van der Waals surface area contributed by atoms with Crippen LogP contribution < -0.4 is 4.74 Å². The number of aromatic nitrogens is 3. The van der Waals surface area contributed by atoms with E-state index in [1.165, 1.54) is 5.56 Å². The maximum Gasteiger partial charge on any atom is 0.196 e. The van der Waals surface area contributed by atoms with Gasteiger partial charge < -0.3 is 4.74 Å². The first-order chi connectivity index (χ1) is 14.2. The minimum atomic E-state index is 0.308. The van der Waals surface area contributed by atoms with Gasteiger partial charge in [0.25, 0.3) is 0 Å². The van der Waals surface area contributed by atoms with E-state index in [1.54, 1.807) is 23.9 Å². The second-order valence-corrected chi connectivity index (χ2v) is 8.52. The Morgan fingerprint density at radius 2 is 1.62 bits per heavy atom. The van der Waals surface area contributed by atoms with Crippen LogP contribution in [0.3, 0.4) is 0 Å². The van der Waals surface area contributed by atoms with E-state index in [0.717, 1.165) is 32.6 Å². The van der Waals surface area contributed by atoms with Crippen molar-refractivity contribution >= 4 is 39.3 Å². The van der Waals surface area contributed by atoms with Gasteiger partial charge in [-0.3, -0.25) is 4.57 Å². The van der Waals surface area contributed by atoms with Crippen molar-refractivity contribution in [3.8, 4) is 11.4 Å². The van der Waals surface area contributed by atoms with Crippen LogP contribution in [0.2, 0.25) is 5.02 Å². The zero-order valence-corrected chi connectivity index (χ0v) is 18.5. The van der Waals surface area contributed by atoms with Gasteiger partial charge in [-0.2, -0.15) is 0 Å². The largest absolute Gasteiger partial charge is 0.486 e. The molecule has 0 fully saturated rings. The summed E-state index contributed by atoms with van der Waals surface area (Å²) in [6.07, 6.45) is 0. The first-order valence-corrected chi connectivity index (χ1v) is 11.1. The van der Waals surface area contributed by atoms with Crippen LogP contribution in [0.1, 0.15) is 11.4 Å². The normalized spacial score (nSPS) is 10.8. The van der Waals surface area contributed by atoms with Gasteiger partial charge in [0, 0.05) is 20.9 Å². The second kappa shape index (κ2) is 9.48. The highest BCUT2D eigenvalue weighted by molar-refractivity contribution is 9.10. The summed E-state index contributed by atoms with van der Waals surface area (Å²) >= 11 is 11.1. The fourth-order valence-electron chi connectivity index (χ4n) is 2.73. The van der Waals surface area contributed by atoms with Gasteiger partial charge in [-0.25, -0.2) is 0 Å². The van der Waals surface area contributed by atoms with Crippen LogP contribution >= 0.6 is 39.3 Å². The van der Waals surface area contributed by atoms with Crippen molar-refractivity contribution in [3.63, 3.8) is 0 Å². The van der Waals surface area contributed by atoms with Crippen LogP contribution in [-0.2, 0) is 12.4 Å². The molecule has 0 saturated carbocycles. The molecule has 146 valence electrons. The third-order valence-corrected chi connectivity index (χ3v) is 5.96. The molecule has 3 aromatic carbocycles. The molecule has 0 spiro atoms. The second-order valence-electron chi connectivity index (χ2n) is 6.23. The van der Waals surface area contributed by atoms with Gasteiger partial charge in [-0.05, 0) is 54.1 Å².